The molecule has 9 heteroatoms. The molecule has 0 saturated carbocycles. The highest BCUT2D eigenvalue weighted by atomic mass is 16.5. The number of fused-ring (bicyclic) bond motifs is 1. The van der Waals surface area contributed by atoms with E-state index in [0.717, 1.165) is 25.1 Å². The van der Waals surface area contributed by atoms with Crippen molar-refractivity contribution >= 4 is 0 Å². The van der Waals surface area contributed by atoms with Gasteiger partial charge >= 0.3 is 0 Å². The predicted molar refractivity (Wildman–Crippen MR) is 116 cm³/mol. The van der Waals surface area contributed by atoms with Crippen LogP contribution in [-0.4, -0.2) is 62.1 Å². The van der Waals surface area contributed by atoms with Gasteiger partial charge in [0.15, 0.2) is 0 Å². The lowest BCUT2D eigenvalue weighted by molar-refractivity contribution is 0.0551. The maximum Gasteiger partial charge on any atom is 0.259 e. The summed E-state index contributed by atoms with van der Waals surface area (Å²) in [5.74, 6) is 1.02. The zero-order chi connectivity index (χ0) is 22.7. The van der Waals surface area contributed by atoms with Crippen LogP contribution >= 0.6 is 0 Å². The molecule has 9 nitrogen and oxygen atoms in total. The number of hydrogen-bond acceptors (Lipinski definition) is 9. The highest BCUT2D eigenvalue weighted by molar-refractivity contribution is 5.62. The monoisotopic (exact) mass is 435 g/mol. The summed E-state index contributed by atoms with van der Waals surface area (Å²) in [6, 6.07) is 9.75. The van der Waals surface area contributed by atoms with E-state index in [2.05, 4.69) is 32.2 Å². The number of ether oxygens (including phenoxy) is 1. The molecule has 0 bridgehead atoms. The number of aliphatic hydroxyl groups excluding tert-OH is 2. The first kappa shape index (κ1) is 21.9. The van der Waals surface area contributed by atoms with Gasteiger partial charge in [0.2, 0.25) is 11.7 Å². The van der Waals surface area contributed by atoms with E-state index in [1.165, 1.54) is 11.1 Å². The maximum absolute atomic E-state index is 9.69. The van der Waals surface area contributed by atoms with E-state index in [9.17, 15) is 10.4 Å². The van der Waals surface area contributed by atoms with Crippen molar-refractivity contribution < 1.29 is 19.5 Å². The summed E-state index contributed by atoms with van der Waals surface area (Å²) < 4.78 is 11.0. The number of β-amino-alcohol motifs (C(OH)–C–C–N with tert-alkyl or cyclic N) is 1. The van der Waals surface area contributed by atoms with E-state index in [4.69, 9.17) is 14.4 Å². The Morgan fingerprint density at radius 2 is 2.09 bits per heavy atom. The third kappa shape index (κ3) is 4.78. The molecule has 0 spiro atoms. The summed E-state index contributed by atoms with van der Waals surface area (Å²) >= 11 is 0. The average molecular weight is 435 g/mol. The topological polar surface area (TPSA) is 129 Å². The van der Waals surface area contributed by atoms with Gasteiger partial charge in [-0.25, -0.2) is 4.98 Å². The molecule has 2 aromatic heterocycles. The minimum Gasteiger partial charge on any atom is -0.474 e. The molecule has 0 amide bonds. The van der Waals surface area contributed by atoms with E-state index < -0.39 is 6.10 Å². The number of aliphatic hydroxyl groups is 2. The Kier molecular flexibility index (Phi) is 6.46. The second-order valence-electron chi connectivity index (χ2n) is 8.08. The van der Waals surface area contributed by atoms with Crippen LogP contribution in [0.15, 0.2) is 35.0 Å². The van der Waals surface area contributed by atoms with Crippen LogP contribution in [0.5, 0.6) is 5.88 Å². The minimum absolute atomic E-state index is 0.0914. The Labute approximate surface area is 185 Å². The van der Waals surface area contributed by atoms with Crippen molar-refractivity contribution in [3.05, 3.63) is 47.2 Å². The Hall–Kier alpha value is -3.32. The molecule has 0 radical (unpaired) electrons. The van der Waals surface area contributed by atoms with Gasteiger partial charge in [0.05, 0.1) is 24.4 Å². The number of hydrogen-bond donors (Lipinski definition) is 2. The summed E-state index contributed by atoms with van der Waals surface area (Å²) in [5, 5.41) is 32.3. The number of nitrogens with zero attached hydrogens (tertiary/aromatic N) is 5. The molecule has 0 aliphatic carbocycles. The van der Waals surface area contributed by atoms with Crippen molar-refractivity contribution in [2.45, 2.75) is 39.0 Å². The molecule has 3 heterocycles. The molecule has 1 unspecified atom stereocenters. The van der Waals surface area contributed by atoms with Crippen molar-refractivity contribution in [1.82, 2.24) is 20.0 Å². The standard InChI is InChI=1S/C23H25N5O4/c1-14(2)31-22-18(9-24)8-19(10-25-22)23-26-21(27-32-23)16-3-4-17-11-28(12-20(30)13-29)6-5-15(17)7-16/h3-4,7-8,10,14,20,29-30H,5-6,11-13H2,1-2H3. The van der Waals surface area contributed by atoms with Gasteiger partial charge in [-0.2, -0.15) is 10.2 Å². The first-order valence-electron chi connectivity index (χ1n) is 10.5. The van der Waals surface area contributed by atoms with Crippen molar-refractivity contribution in [3.63, 3.8) is 0 Å². The van der Waals surface area contributed by atoms with Gasteiger partial charge < -0.3 is 19.5 Å². The van der Waals surface area contributed by atoms with Gasteiger partial charge in [0.1, 0.15) is 11.6 Å². The third-order valence-corrected chi connectivity index (χ3v) is 5.23. The van der Waals surface area contributed by atoms with Gasteiger partial charge in [-0.3, -0.25) is 4.90 Å². The van der Waals surface area contributed by atoms with Gasteiger partial charge in [-0.05, 0) is 43.5 Å². The SMILES string of the molecule is CC(C)Oc1ncc(-c2nc(-c3ccc4c(c3)CCN(CC(O)CO)C4)no2)cc1C#N. The molecule has 1 aliphatic rings. The zero-order valence-corrected chi connectivity index (χ0v) is 18.0. The number of nitriles is 1. The van der Waals surface area contributed by atoms with Crippen LogP contribution in [0.2, 0.25) is 0 Å². The van der Waals surface area contributed by atoms with Gasteiger partial charge in [0, 0.05) is 31.4 Å². The maximum atomic E-state index is 9.69. The van der Waals surface area contributed by atoms with Crippen LogP contribution in [0.25, 0.3) is 22.8 Å². The van der Waals surface area contributed by atoms with Crippen LogP contribution < -0.4 is 4.74 Å². The lowest BCUT2D eigenvalue weighted by atomic mass is 9.97. The number of aromatic nitrogens is 3. The van der Waals surface area contributed by atoms with Crippen LogP contribution in [0, 0.1) is 11.3 Å². The summed E-state index contributed by atoms with van der Waals surface area (Å²) in [5.41, 5.74) is 4.08. The highest BCUT2D eigenvalue weighted by Crippen LogP contribution is 2.28. The second kappa shape index (κ2) is 9.44. The highest BCUT2D eigenvalue weighted by Gasteiger charge is 2.20. The Morgan fingerprint density at radius 3 is 2.84 bits per heavy atom. The van der Waals surface area contributed by atoms with Crippen molar-refractivity contribution in [2.24, 2.45) is 0 Å². The first-order chi connectivity index (χ1) is 15.5. The van der Waals surface area contributed by atoms with Gasteiger partial charge in [0.25, 0.3) is 5.89 Å². The van der Waals surface area contributed by atoms with Crippen molar-refractivity contribution in [2.75, 3.05) is 19.7 Å². The molecule has 0 saturated heterocycles. The van der Waals surface area contributed by atoms with E-state index in [1.807, 2.05) is 26.0 Å². The summed E-state index contributed by atoms with van der Waals surface area (Å²) in [6.45, 7) is 5.48. The lowest BCUT2D eigenvalue weighted by Gasteiger charge is -2.30. The van der Waals surface area contributed by atoms with Crippen LogP contribution in [0.4, 0.5) is 0 Å². The summed E-state index contributed by atoms with van der Waals surface area (Å²) in [4.78, 5) is 10.8. The third-order valence-electron chi connectivity index (χ3n) is 5.23. The van der Waals surface area contributed by atoms with E-state index >= 15 is 0 Å². The first-order valence-corrected chi connectivity index (χ1v) is 10.5. The molecule has 2 N–H and O–H groups in total. The Balaban J connectivity index is 1.53. The predicted octanol–water partition coefficient (Wildman–Crippen LogP) is 2.17. The Morgan fingerprint density at radius 1 is 1.25 bits per heavy atom. The fraction of sp³-hybridized carbons (Fsp3) is 0.391. The molecular formula is C23H25N5O4. The van der Waals surface area contributed by atoms with Crippen molar-refractivity contribution in [1.29, 1.82) is 5.26 Å². The van der Waals surface area contributed by atoms with Crippen molar-refractivity contribution in [3.8, 4) is 34.8 Å². The van der Waals surface area contributed by atoms with Crippen LogP contribution in [0.3, 0.4) is 0 Å². The van der Waals surface area contributed by atoms with Crippen LogP contribution in [-0.2, 0) is 13.0 Å². The lowest BCUT2D eigenvalue weighted by Crippen LogP contribution is -2.37. The Bertz CT molecular complexity index is 1140. The number of benzene rings is 1. The number of rotatable bonds is 7. The minimum atomic E-state index is -0.726. The normalized spacial score (nSPS) is 14.8. The zero-order valence-electron chi connectivity index (χ0n) is 18.0. The quantitative estimate of drug-likeness (QED) is 0.573. The largest absolute Gasteiger partial charge is 0.474 e. The fourth-order valence-corrected chi connectivity index (χ4v) is 3.69. The smallest absolute Gasteiger partial charge is 0.259 e. The molecule has 1 aromatic carbocycles. The van der Waals surface area contributed by atoms with E-state index in [0.29, 0.717) is 23.5 Å². The average Bonchev–Trinajstić information content (AvgIpc) is 3.29. The summed E-state index contributed by atoms with van der Waals surface area (Å²) in [6.07, 6.45) is 1.57. The van der Waals surface area contributed by atoms with Gasteiger partial charge in [-0.1, -0.05) is 17.3 Å². The molecule has 32 heavy (non-hydrogen) atoms. The molecule has 0 fully saturated rings. The van der Waals surface area contributed by atoms with E-state index in [-0.39, 0.29) is 24.5 Å². The molecule has 3 aromatic rings. The molecular weight excluding hydrogens is 410 g/mol. The van der Waals surface area contributed by atoms with Crippen LogP contribution in [0.1, 0.15) is 30.5 Å². The fourth-order valence-electron chi connectivity index (χ4n) is 3.69. The molecule has 4 rings (SSSR count). The molecule has 1 atom stereocenters. The van der Waals surface area contributed by atoms with E-state index in [1.54, 1.807) is 12.3 Å². The molecule has 166 valence electrons. The van der Waals surface area contributed by atoms with Gasteiger partial charge in [-0.15, -0.1) is 0 Å². The second-order valence-corrected chi connectivity index (χ2v) is 8.08. The summed E-state index contributed by atoms with van der Waals surface area (Å²) in [7, 11) is 0. The number of pyridine rings is 1. The molecule has 1 aliphatic heterocycles.